The lowest BCUT2D eigenvalue weighted by molar-refractivity contribution is -0.140. The van der Waals surface area contributed by atoms with E-state index in [-0.39, 0.29) is 23.6 Å². The first-order chi connectivity index (χ1) is 12.9. The lowest BCUT2D eigenvalue weighted by Crippen LogP contribution is -2.44. The second-order valence-electron chi connectivity index (χ2n) is 6.78. The van der Waals surface area contributed by atoms with Gasteiger partial charge in [0.2, 0.25) is 17.8 Å². The fourth-order valence-corrected chi connectivity index (χ4v) is 3.61. The van der Waals surface area contributed by atoms with E-state index in [1.807, 2.05) is 6.20 Å². The zero-order valence-electron chi connectivity index (χ0n) is 14.9. The van der Waals surface area contributed by atoms with Gasteiger partial charge in [0, 0.05) is 32.3 Å². The predicted octanol–water partition coefficient (Wildman–Crippen LogP) is 1.98. The average molecular weight is 370 g/mol. The van der Waals surface area contributed by atoms with Crippen LogP contribution in [0.15, 0.2) is 30.6 Å². The van der Waals surface area contributed by atoms with Crippen molar-refractivity contribution in [3.63, 3.8) is 0 Å². The molecule has 2 N–H and O–H groups in total. The minimum atomic E-state index is -0.443. The van der Waals surface area contributed by atoms with Crippen molar-refractivity contribution in [3.8, 4) is 0 Å². The minimum Gasteiger partial charge on any atom is -0.338 e. The largest absolute Gasteiger partial charge is 0.338 e. The Balaban J connectivity index is 1.60. The molecular formula is C18H19FN6O2. The van der Waals surface area contributed by atoms with E-state index in [0.29, 0.717) is 23.9 Å². The van der Waals surface area contributed by atoms with Gasteiger partial charge in [0.25, 0.3) is 0 Å². The predicted molar refractivity (Wildman–Crippen MR) is 96.1 cm³/mol. The van der Waals surface area contributed by atoms with Crippen LogP contribution >= 0.6 is 0 Å². The summed E-state index contributed by atoms with van der Waals surface area (Å²) in [6.07, 6.45) is 4.22. The molecule has 27 heavy (non-hydrogen) atoms. The number of rotatable bonds is 3. The molecule has 1 aliphatic rings. The van der Waals surface area contributed by atoms with Crippen LogP contribution in [0.4, 0.5) is 10.3 Å². The summed E-state index contributed by atoms with van der Waals surface area (Å²) in [5, 5.41) is 6.93. The molecule has 1 saturated heterocycles. The van der Waals surface area contributed by atoms with E-state index in [4.69, 9.17) is 0 Å². The van der Waals surface area contributed by atoms with E-state index < -0.39 is 12.0 Å². The Morgan fingerprint density at radius 3 is 2.93 bits per heavy atom. The van der Waals surface area contributed by atoms with E-state index in [0.717, 1.165) is 5.56 Å². The number of carbonyl (C=O) groups is 2. The number of piperidine rings is 1. The normalized spacial score (nSPS) is 20.3. The number of hydrogen-bond acceptors (Lipinski definition) is 4. The smallest absolute Gasteiger partial charge is 0.232 e. The summed E-state index contributed by atoms with van der Waals surface area (Å²) in [4.78, 5) is 33.9. The number of fused-ring (bicyclic) bond motifs is 1. The van der Waals surface area contributed by atoms with E-state index >= 15 is 0 Å². The van der Waals surface area contributed by atoms with Gasteiger partial charge in [0.05, 0.1) is 29.2 Å². The van der Waals surface area contributed by atoms with Crippen LogP contribution in [0.5, 0.6) is 0 Å². The van der Waals surface area contributed by atoms with Gasteiger partial charge in [-0.25, -0.2) is 9.37 Å². The highest BCUT2D eigenvalue weighted by Gasteiger charge is 2.39. The number of hydrogen-bond donors (Lipinski definition) is 2. The van der Waals surface area contributed by atoms with Crippen molar-refractivity contribution in [2.24, 2.45) is 13.0 Å². The van der Waals surface area contributed by atoms with Crippen LogP contribution in [0.3, 0.4) is 0 Å². The van der Waals surface area contributed by atoms with Gasteiger partial charge in [0.1, 0.15) is 5.82 Å². The number of imidazole rings is 1. The van der Waals surface area contributed by atoms with Crippen molar-refractivity contribution >= 4 is 28.8 Å². The summed E-state index contributed by atoms with van der Waals surface area (Å²) < 4.78 is 15.0. The number of halogens is 1. The highest BCUT2D eigenvalue weighted by atomic mass is 19.1. The maximum atomic E-state index is 13.3. The first-order valence-corrected chi connectivity index (χ1v) is 8.62. The molecule has 4 rings (SSSR count). The quantitative estimate of drug-likeness (QED) is 0.737. The molecule has 2 amide bonds. The fourth-order valence-electron chi connectivity index (χ4n) is 3.61. The third-order valence-electron chi connectivity index (χ3n) is 4.95. The maximum Gasteiger partial charge on any atom is 0.232 e. The number of aromatic amines is 1. The Labute approximate surface area is 154 Å². The number of anilines is 1. The van der Waals surface area contributed by atoms with Gasteiger partial charge in [-0.15, -0.1) is 0 Å². The Morgan fingerprint density at radius 2 is 2.19 bits per heavy atom. The van der Waals surface area contributed by atoms with Gasteiger partial charge in [-0.2, -0.15) is 5.10 Å². The van der Waals surface area contributed by atoms with Crippen LogP contribution in [-0.4, -0.2) is 43.5 Å². The van der Waals surface area contributed by atoms with Crippen molar-refractivity contribution in [2.45, 2.75) is 18.9 Å². The molecule has 0 radical (unpaired) electrons. The number of nitrogens with one attached hydrogen (secondary N) is 2. The van der Waals surface area contributed by atoms with Gasteiger partial charge in [-0.05, 0) is 24.6 Å². The molecule has 1 aromatic carbocycles. The molecule has 1 fully saturated rings. The fraction of sp³-hybridized carbons (Fsp3) is 0.333. The van der Waals surface area contributed by atoms with E-state index in [1.165, 1.54) is 12.1 Å². The van der Waals surface area contributed by atoms with Gasteiger partial charge in [0.15, 0.2) is 0 Å². The molecule has 2 atom stereocenters. The lowest BCUT2D eigenvalue weighted by Gasteiger charge is -2.37. The Hall–Kier alpha value is -3.23. The van der Waals surface area contributed by atoms with Crippen molar-refractivity contribution in [3.05, 3.63) is 42.0 Å². The third-order valence-corrected chi connectivity index (χ3v) is 4.95. The molecule has 0 bridgehead atoms. The standard InChI is InChI=1S/C18H19FN6O2/c1-24-9-10(8-20-24)16-12(4-6-15(26)25(16)2)17(27)23-18-21-13-5-3-11(19)7-14(13)22-18/h3,5,7-9,12,16H,4,6H2,1-2H3,(H2,21,22,23,27). The number of H-pyrrole nitrogens is 1. The monoisotopic (exact) mass is 370 g/mol. The van der Waals surface area contributed by atoms with Crippen molar-refractivity contribution in [1.82, 2.24) is 24.6 Å². The van der Waals surface area contributed by atoms with Crippen molar-refractivity contribution in [2.75, 3.05) is 12.4 Å². The molecule has 0 saturated carbocycles. The zero-order chi connectivity index (χ0) is 19.1. The number of carbonyl (C=O) groups excluding carboxylic acids is 2. The molecule has 1 aliphatic heterocycles. The number of benzene rings is 1. The summed E-state index contributed by atoms with van der Waals surface area (Å²) in [7, 11) is 3.49. The van der Waals surface area contributed by atoms with Gasteiger partial charge >= 0.3 is 0 Å². The Kier molecular flexibility index (Phi) is 4.14. The van der Waals surface area contributed by atoms with Crippen molar-refractivity contribution in [1.29, 1.82) is 0 Å². The molecule has 3 heterocycles. The number of likely N-dealkylation sites (tertiary alicyclic amines) is 1. The summed E-state index contributed by atoms with van der Waals surface area (Å²) in [5.74, 6) is -0.824. The molecule has 0 spiro atoms. The highest BCUT2D eigenvalue weighted by molar-refractivity contribution is 5.94. The Morgan fingerprint density at radius 1 is 1.37 bits per heavy atom. The van der Waals surface area contributed by atoms with Crippen LogP contribution in [0.25, 0.3) is 11.0 Å². The van der Waals surface area contributed by atoms with E-state index in [1.54, 1.807) is 35.9 Å². The first kappa shape index (κ1) is 17.2. The van der Waals surface area contributed by atoms with Gasteiger partial charge in [-0.3, -0.25) is 19.6 Å². The van der Waals surface area contributed by atoms with Crippen LogP contribution in [-0.2, 0) is 16.6 Å². The summed E-state index contributed by atoms with van der Waals surface area (Å²) in [6, 6.07) is 3.78. The van der Waals surface area contributed by atoms with E-state index in [2.05, 4.69) is 20.4 Å². The topological polar surface area (TPSA) is 95.9 Å². The van der Waals surface area contributed by atoms with Gasteiger partial charge < -0.3 is 9.88 Å². The number of aryl methyl sites for hydroxylation is 1. The first-order valence-electron chi connectivity index (χ1n) is 8.62. The average Bonchev–Trinajstić information content (AvgIpc) is 3.22. The second-order valence-corrected chi connectivity index (χ2v) is 6.78. The SMILES string of the molecule is CN1C(=O)CCC(C(=O)Nc2nc3ccc(F)cc3[nH]2)C1c1cnn(C)c1. The van der Waals surface area contributed by atoms with E-state index in [9.17, 15) is 14.0 Å². The molecule has 8 nitrogen and oxygen atoms in total. The lowest BCUT2D eigenvalue weighted by atomic mass is 9.85. The van der Waals surface area contributed by atoms with Gasteiger partial charge in [-0.1, -0.05) is 0 Å². The molecule has 140 valence electrons. The highest BCUT2D eigenvalue weighted by Crippen LogP contribution is 2.36. The Bertz CT molecular complexity index is 1030. The summed E-state index contributed by atoms with van der Waals surface area (Å²) in [6.45, 7) is 0. The minimum absolute atomic E-state index is 0.00730. The molecule has 2 unspecified atom stereocenters. The molecule has 9 heteroatoms. The number of amides is 2. The van der Waals surface area contributed by atoms with Crippen LogP contribution in [0.1, 0.15) is 24.4 Å². The number of nitrogens with zero attached hydrogens (tertiary/aromatic N) is 4. The molecule has 3 aromatic rings. The summed E-state index contributed by atoms with van der Waals surface area (Å²) >= 11 is 0. The molecule has 0 aliphatic carbocycles. The molecular weight excluding hydrogens is 351 g/mol. The maximum absolute atomic E-state index is 13.3. The third kappa shape index (κ3) is 3.16. The van der Waals surface area contributed by atoms with Crippen LogP contribution in [0.2, 0.25) is 0 Å². The molecule has 2 aromatic heterocycles. The zero-order valence-corrected chi connectivity index (χ0v) is 14.9. The van der Waals surface area contributed by atoms with Crippen LogP contribution < -0.4 is 5.32 Å². The van der Waals surface area contributed by atoms with Crippen molar-refractivity contribution < 1.29 is 14.0 Å². The second kappa shape index (κ2) is 6.49. The number of aromatic nitrogens is 4. The summed E-state index contributed by atoms with van der Waals surface area (Å²) in [5.41, 5.74) is 1.87. The van der Waals surface area contributed by atoms with Crippen LogP contribution in [0, 0.1) is 11.7 Å².